The van der Waals surface area contributed by atoms with Crippen LogP contribution in [0.4, 0.5) is 0 Å². The van der Waals surface area contributed by atoms with Gasteiger partial charge in [-0.3, -0.25) is 0 Å². The van der Waals surface area contributed by atoms with Crippen LogP contribution in [0.3, 0.4) is 0 Å². The highest BCUT2D eigenvalue weighted by molar-refractivity contribution is 7.18. The zero-order valence-corrected chi connectivity index (χ0v) is 11.2. The number of aromatic nitrogens is 1. The van der Waals surface area contributed by atoms with Crippen molar-refractivity contribution >= 4 is 21.6 Å². The maximum absolute atomic E-state index is 6.21. The summed E-state index contributed by atoms with van der Waals surface area (Å²) in [5.74, 6) is 0.507. The lowest BCUT2D eigenvalue weighted by Crippen LogP contribution is -2.24. The van der Waals surface area contributed by atoms with Crippen LogP contribution < -0.4 is 5.73 Å². The topological polar surface area (TPSA) is 38.9 Å². The van der Waals surface area contributed by atoms with Crippen molar-refractivity contribution in [3.8, 4) is 0 Å². The van der Waals surface area contributed by atoms with E-state index in [4.69, 9.17) is 10.7 Å². The highest BCUT2D eigenvalue weighted by Gasteiger charge is 2.38. The summed E-state index contributed by atoms with van der Waals surface area (Å²) in [5, 5.41) is 1.23. The van der Waals surface area contributed by atoms with Gasteiger partial charge in [0, 0.05) is 11.5 Å². The molecule has 0 aliphatic heterocycles. The number of fused-ring (bicyclic) bond motifs is 1. The third-order valence-corrected chi connectivity index (χ3v) is 4.77. The van der Waals surface area contributed by atoms with Crippen molar-refractivity contribution in [3.05, 3.63) is 28.8 Å². The third-order valence-electron chi connectivity index (χ3n) is 3.45. The average Bonchev–Trinajstić information content (AvgIpc) is 2.84. The third kappa shape index (κ3) is 2.09. The zero-order chi connectivity index (χ0) is 12.0. The number of nitrogens with two attached hydrogens (primary N) is 1. The Bertz CT molecular complexity index is 552. The second-order valence-corrected chi connectivity index (χ2v) is 6.57. The van der Waals surface area contributed by atoms with E-state index >= 15 is 0 Å². The molecule has 0 amide bonds. The molecule has 1 fully saturated rings. The number of hydrogen-bond acceptors (Lipinski definition) is 3. The first kappa shape index (κ1) is 11.2. The fourth-order valence-electron chi connectivity index (χ4n) is 2.13. The molecule has 1 aromatic carbocycles. The quantitative estimate of drug-likeness (QED) is 0.901. The van der Waals surface area contributed by atoms with E-state index in [1.807, 2.05) is 11.3 Å². The van der Waals surface area contributed by atoms with E-state index in [1.54, 1.807) is 0 Å². The Balaban J connectivity index is 2.05. The van der Waals surface area contributed by atoms with Crippen LogP contribution in [-0.4, -0.2) is 10.5 Å². The maximum atomic E-state index is 6.21. The number of nitrogens with zero attached hydrogens (tertiary/aromatic N) is 1. The number of hydrogen-bond donors (Lipinski definition) is 1. The number of thiazole rings is 1. The average molecular weight is 246 g/mol. The molecule has 3 heteroatoms. The van der Waals surface area contributed by atoms with Gasteiger partial charge in [0.05, 0.1) is 15.2 Å². The van der Waals surface area contributed by atoms with Crippen LogP contribution in [-0.2, 0) is 6.42 Å². The van der Waals surface area contributed by atoms with Crippen molar-refractivity contribution < 1.29 is 0 Å². The van der Waals surface area contributed by atoms with Gasteiger partial charge in [-0.2, -0.15) is 0 Å². The molecule has 1 aliphatic rings. The van der Waals surface area contributed by atoms with E-state index in [-0.39, 0.29) is 5.54 Å². The lowest BCUT2D eigenvalue weighted by atomic mass is 10.0. The summed E-state index contributed by atoms with van der Waals surface area (Å²) in [6, 6.07) is 6.48. The van der Waals surface area contributed by atoms with E-state index in [1.165, 1.54) is 20.8 Å². The highest BCUT2D eigenvalue weighted by Crippen LogP contribution is 2.38. The van der Waals surface area contributed by atoms with Gasteiger partial charge in [0.25, 0.3) is 0 Å². The molecule has 90 valence electrons. The van der Waals surface area contributed by atoms with E-state index in [0.717, 1.165) is 19.3 Å². The Kier molecular flexibility index (Phi) is 2.49. The van der Waals surface area contributed by atoms with Crippen LogP contribution in [0.25, 0.3) is 10.2 Å². The molecule has 1 aromatic heterocycles. The molecule has 2 N–H and O–H groups in total. The Morgan fingerprint density at radius 1 is 1.41 bits per heavy atom. The van der Waals surface area contributed by atoms with Crippen LogP contribution >= 0.6 is 11.3 Å². The Labute approximate surface area is 106 Å². The summed E-state index contributed by atoms with van der Waals surface area (Å²) in [7, 11) is 0. The van der Waals surface area contributed by atoms with Crippen LogP contribution in [0, 0.1) is 0 Å². The first-order chi connectivity index (χ1) is 8.07. The minimum Gasteiger partial charge on any atom is -0.325 e. The highest BCUT2D eigenvalue weighted by atomic mass is 32.1. The van der Waals surface area contributed by atoms with Gasteiger partial charge in [0.1, 0.15) is 0 Å². The molecular weight excluding hydrogens is 228 g/mol. The molecule has 1 heterocycles. The van der Waals surface area contributed by atoms with E-state index in [2.05, 4.69) is 32.0 Å². The number of para-hydroxylation sites is 1. The zero-order valence-electron chi connectivity index (χ0n) is 10.4. The molecule has 0 bridgehead atoms. The van der Waals surface area contributed by atoms with Gasteiger partial charge in [0.2, 0.25) is 0 Å². The van der Waals surface area contributed by atoms with Gasteiger partial charge in [0.15, 0.2) is 0 Å². The molecule has 0 radical (unpaired) electrons. The summed E-state index contributed by atoms with van der Waals surface area (Å²) in [6.45, 7) is 4.39. The van der Waals surface area contributed by atoms with Gasteiger partial charge in [-0.15, -0.1) is 11.3 Å². The van der Waals surface area contributed by atoms with Gasteiger partial charge >= 0.3 is 0 Å². The summed E-state index contributed by atoms with van der Waals surface area (Å²) >= 11 is 1.81. The van der Waals surface area contributed by atoms with Crippen molar-refractivity contribution in [2.24, 2.45) is 5.73 Å². The van der Waals surface area contributed by atoms with Crippen LogP contribution in [0.1, 0.15) is 43.2 Å². The molecule has 17 heavy (non-hydrogen) atoms. The minimum atomic E-state index is 0.0654. The lowest BCUT2D eigenvalue weighted by Gasteiger charge is -2.08. The molecule has 2 nitrogen and oxygen atoms in total. The molecule has 1 saturated carbocycles. The molecule has 0 unspecified atom stereocenters. The summed E-state index contributed by atoms with van der Waals surface area (Å²) in [4.78, 5) is 4.79. The minimum absolute atomic E-state index is 0.0654. The molecular formula is C14H18N2S. The van der Waals surface area contributed by atoms with Crippen molar-refractivity contribution in [2.45, 2.75) is 44.6 Å². The van der Waals surface area contributed by atoms with E-state index < -0.39 is 0 Å². The molecule has 1 aliphatic carbocycles. The van der Waals surface area contributed by atoms with Gasteiger partial charge < -0.3 is 5.73 Å². The van der Waals surface area contributed by atoms with Gasteiger partial charge in [-0.1, -0.05) is 26.0 Å². The molecule has 2 aromatic rings. The molecule has 0 spiro atoms. The van der Waals surface area contributed by atoms with E-state index in [9.17, 15) is 0 Å². The Morgan fingerprint density at radius 3 is 2.82 bits per heavy atom. The van der Waals surface area contributed by atoms with Crippen LogP contribution in [0.15, 0.2) is 18.2 Å². The predicted octanol–water partition coefficient (Wildman–Crippen LogP) is 3.45. The fraction of sp³-hybridized carbons (Fsp3) is 0.500. The fourth-order valence-corrected chi connectivity index (χ4v) is 3.15. The first-order valence-electron chi connectivity index (χ1n) is 6.25. The number of benzene rings is 1. The monoisotopic (exact) mass is 246 g/mol. The van der Waals surface area contributed by atoms with Crippen molar-refractivity contribution in [1.29, 1.82) is 0 Å². The maximum Gasteiger partial charge on any atom is 0.0964 e. The first-order valence-corrected chi connectivity index (χ1v) is 7.06. The van der Waals surface area contributed by atoms with Crippen LogP contribution in [0.2, 0.25) is 0 Å². The summed E-state index contributed by atoms with van der Waals surface area (Å²) < 4.78 is 1.30. The normalized spacial score (nSPS) is 17.9. The van der Waals surface area contributed by atoms with Crippen LogP contribution in [0.5, 0.6) is 0 Å². The van der Waals surface area contributed by atoms with Gasteiger partial charge in [-0.25, -0.2) is 4.98 Å². The second kappa shape index (κ2) is 3.79. The van der Waals surface area contributed by atoms with E-state index in [0.29, 0.717) is 5.92 Å². The molecule has 0 atom stereocenters. The van der Waals surface area contributed by atoms with Gasteiger partial charge in [-0.05, 0) is 30.9 Å². The standard InChI is InChI=1S/C14H18N2S/c1-9(2)13-16-12-10(8-14(15)6-7-14)4-3-5-11(12)17-13/h3-5,9H,6-8,15H2,1-2H3. The largest absolute Gasteiger partial charge is 0.325 e. The summed E-state index contributed by atoms with van der Waals surface area (Å²) in [5.41, 5.74) is 8.78. The molecule has 3 rings (SSSR count). The second-order valence-electron chi connectivity index (χ2n) is 5.51. The Hall–Kier alpha value is -0.930. The summed E-state index contributed by atoms with van der Waals surface area (Å²) in [6.07, 6.45) is 3.29. The van der Waals surface area contributed by atoms with Crippen molar-refractivity contribution in [2.75, 3.05) is 0 Å². The number of rotatable bonds is 3. The lowest BCUT2D eigenvalue weighted by molar-refractivity contribution is 0.674. The smallest absolute Gasteiger partial charge is 0.0964 e. The predicted molar refractivity (Wildman–Crippen MR) is 73.6 cm³/mol. The van der Waals surface area contributed by atoms with Crippen molar-refractivity contribution in [1.82, 2.24) is 4.98 Å². The molecule has 0 saturated heterocycles. The van der Waals surface area contributed by atoms with Crippen molar-refractivity contribution in [3.63, 3.8) is 0 Å². The SMILES string of the molecule is CC(C)c1nc2c(CC3(N)CC3)cccc2s1. The Morgan fingerprint density at radius 2 is 2.18 bits per heavy atom.